The van der Waals surface area contributed by atoms with E-state index >= 15 is 0 Å². The van der Waals surface area contributed by atoms with E-state index in [9.17, 15) is 39.5 Å². The normalized spacial score (nSPS) is 14.0. The van der Waals surface area contributed by atoms with Gasteiger partial charge in [0.1, 0.15) is 13.7 Å². The molecule has 0 bridgehead atoms. The van der Waals surface area contributed by atoms with E-state index in [-0.39, 0.29) is 6.42 Å². The maximum Gasteiger partial charge on any atom is 0.198 e. The van der Waals surface area contributed by atoms with Crippen LogP contribution in [0.3, 0.4) is 0 Å². The minimum absolute atomic E-state index is 0.0724. The highest BCUT2D eigenvalue weighted by molar-refractivity contribution is 6.20. The van der Waals surface area contributed by atoms with Crippen molar-refractivity contribution in [3.8, 4) is 0 Å². The van der Waals surface area contributed by atoms with Crippen molar-refractivity contribution in [2.45, 2.75) is 32.0 Å². The van der Waals surface area contributed by atoms with Crippen LogP contribution in [0.2, 0.25) is 0 Å². The molecule has 0 saturated heterocycles. The molecular weight excluding hydrogens is 410 g/mol. The van der Waals surface area contributed by atoms with E-state index in [1.807, 2.05) is 0 Å². The molecule has 0 aliphatic heterocycles. The zero-order valence-corrected chi connectivity index (χ0v) is 15.3. The van der Waals surface area contributed by atoms with Crippen molar-refractivity contribution in [3.05, 3.63) is 57.9 Å². The molecule has 0 spiro atoms. The standard InChI is InChI=1S/C19H12BF9/c1-3-4-19(2,20)9-5-7(13(24)17(28)15(26)11(5)22)10(21)8-6(9)12(23)16(27)18(29)14(8)25/h3-4,20H2,1-2H3. The van der Waals surface area contributed by atoms with Crippen LogP contribution in [0, 0.1) is 52.4 Å². The third-order valence-corrected chi connectivity index (χ3v) is 5.02. The summed E-state index contributed by atoms with van der Waals surface area (Å²) in [5.74, 6) is -19.9. The van der Waals surface area contributed by atoms with Crippen molar-refractivity contribution in [3.63, 3.8) is 0 Å². The number of halogens is 9. The van der Waals surface area contributed by atoms with Crippen LogP contribution >= 0.6 is 0 Å². The van der Waals surface area contributed by atoms with Crippen molar-refractivity contribution in [2.75, 3.05) is 0 Å². The Morgan fingerprint density at radius 1 is 0.552 bits per heavy atom. The van der Waals surface area contributed by atoms with Gasteiger partial charge >= 0.3 is 0 Å². The van der Waals surface area contributed by atoms with Crippen molar-refractivity contribution in [1.29, 1.82) is 0 Å². The molecule has 154 valence electrons. The van der Waals surface area contributed by atoms with Gasteiger partial charge in [-0.3, -0.25) is 0 Å². The highest BCUT2D eigenvalue weighted by Crippen LogP contribution is 2.45. The van der Waals surface area contributed by atoms with Crippen LogP contribution in [0.25, 0.3) is 21.5 Å². The molecule has 0 aliphatic carbocycles. The van der Waals surface area contributed by atoms with Gasteiger partial charge in [0.05, 0.1) is 10.8 Å². The second kappa shape index (κ2) is 6.85. The van der Waals surface area contributed by atoms with Crippen LogP contribution < -0.4 is 0 Å². The van der Waals surface area contributed by atoms with Crippen LogP contribution in [0.15, 0.2) is 0 Å². The first-order chi connectivity index (χ1) is 13.4. The minimum atomic E-state index is -2.38. The largest absolute Gasteiger partial charge is 0.205 e. The van der Waals surface area contributed by atoms with E-state index in [0.29, 0.717) is 6.42 Å². The average Bonchev–Trinajstić information content (AvgIpc) is 2.66. The molecule has 3 aromatic carbocycles. The van der Waals surface area contributed by atoms with Crippen LogP contribution in [0.1, 0.15) is 32.3 Å². The maximum atomic E-state index is 14.9. The monoisotopic (exact) mass is 422 g/mol. The summed E-state index contributed by atoms with van der Waals surface area (Å²) in [4.78, 5) is 0. The Kier molecular flexibility index (Phi) is 5.03. The van der Waals surface area contributed by atoms with E-state index in [1.165, 1.54) is 14.8 Å². The van der Waals surface area contributed by atoms with Gasteiger partial charge in [0, 0.05) is 10.8 Å². The summed E-state index contributed by atoms with van der Waals surface area (Å²) in [5.41, 5.74) is -0.698. The Bertz CT molecular complexity index is 1100. The van der Waals surface area contributed by atoms with Crippen molar-refractivity contribution >= 4 is 29.4 Å². The van der Waals surface area contributed by atoms with Crippen LogP contribution in [-0.2, 0) is 5.31 Å². The number of benzene rings is 3. The first-order valence-electron chi connectivity index (χ1n) is 8.51. The fourth-order valence-corrected chi connectivity index (χ4v) is 3.82. The van der Waals surface area contributed by atoms with Gasteiger partial charge in [-0.25, -0.2) is 39.5 Å². The highest BCUT2D eigenvalue weighted by Gasteiger charge is 2.37. The van der Waals surface area contributed by atoms with Gasteiger partial charge in [-0.1, -0.05) is 26.7 Å². The Labute approximate surface area is 159 Å². The quantitative estimate of drug-likeness (QED) is 0.162. The second-order valence-corrected chi connectivity index (χ2v) is 7.33. The van der Waals surface area contributed by atoms with Gasteiger partial charge < -0.3 is 0 Å². The van der Waals surface area contributed by atoms with Gasteiger partial charge in [-0.2, -0.15) is 0 Å². The first-order valence-corrected chi connectivity index (χ1v) is 8.51. The second-order valence-electron chi connectivity index (χ2n) is 7.33. The zero-order valence-electron chi connectivity index (χ0n) is 15.3. The molecular formula is C19H12BF9. The van der Waals surface area contributed by atoms with Gasteiger partial charge in [0.25, 0.3) is 0 Å². The molecule has 0 nitrogen and oxygen atoms in total. The smallest absolute Gasteiger partial charge is 0.198 e. The molecule has 0 saturated carbocycles. The lowest BCUT2D eigenvalue weighted by Crippen LogP contribution is -2.25. The summed E-state index contributed by atoms with van der Waals surface area (Å²) in [6.07, 6.45) is 0.415. The molecule has 0 radical (unpaired) electrons. The molecule has 0 amide bonds. The zero-order chi connectivity index (χ0) is 22.0. The summed E-state index contributed by atoms with van der Waals surface area (Å²) in [7, 11) is 1.33. The Hall–Kier alpha value is -2.39. The minimum Gasteiger partial charge on any atom is -0.205 e. The van der Waals surface area contributed by atoms with Gasteiger partial charge in [0.15, 0.2) is 46.5 Å². The van der Waals surface area contributed by atoms with Gasteiger partial charge in [-0.05, 0) is 10.9 Å². The highest BCUT2D eigenvalue weighted by atomic mass is 19.2. The van der Waals surface area contributed by atoms with Crippen LogP contribution in [0.5, 0.6) is 0 Å². The van der Waals surface area contributed by atoms with Gasteiger partial charge in [-0.15, -0.1) is 0 Å². The first kappa shape index (κ1) is 21.3. The third-order valence-electron chi connectivity index (χ3n) is 5.02. The van der Waals surface area contributed by atoms with E-state index in [1.54, 1.807) is 6.92 Å². The SMILES string of the molecule is BC(C)(CCC)c1c2c(F)c(F)c(F)c(F)c2c(F)c2c(F)c(F)c(F)c(F)c12. The maximum absolute atomic E-state index is 14.9. The molecule has 3 aromatic rings. The summed E-state index contributed by atoms with van der Waals surface area (Å²) < 4.78 is 128. The molecule has 3 rings (SSSR count). The van der Waals surface area contributed by atoms with Gasteiger partial charge in [0.2, 0.25) is 0 Å². The molecule has 0 heterocycles. The van der Waals surface area contributed by atoms with E-state index in [2.05, 4.69) is 0 Å². The summed E-state index contributed by atoms with van der Waals surface area (Å²) in [5, 5.41) is -6.85. The topological polar surface area (TPSA) is 0 Å². The molecule has 0 aromatic heterocycles. The number of hydrogen-bond donors (Lipinski definition) is 0. The number of fused-ring (bicyclic) bond motifs is 2. The van der Waals surface area contributed by atoms with E-state index < -0.39 is 84.8 Å². The average molecular weight is 422 g/mol. The molecule has 29 heavy (non-hydrogen) atoms. The molecule has 1 atom stereocenters. The third kappa shape index (κ3) is 2.79. The molecule has 0 aliphatic rings. The van der Waals surface area contributed by atoms with Crippen molar-refractivity contribution in [2.24, 2.45) is 0 Å². The summed E-state index contributed by atoms with van der Waals surface area (Å²) >= 11 is 0. The summed E-state index contributed by atoms with van der Waals surface area (Å²) in [6, 6.07) is 0. The lowest BCUT2D eigenvalue weighted by molar-refractivity contribution is 0.411. The predicted molar refractivity (Wildman–Crippen MR) is 91.9 cm³/mol. The van der Waals surface area contributed by atoms with E-state index in [0.717, 1.165) is 0 Å². The lowest BCUT2D eigenvalue weighted by Gasteiger charge is -2.29. The molecule has 1 unspecified atom stereocenters. The predicted octanol–water partition coefficient (Wildman–Crippen LogP) is 5.89. The molecule has 0 fully saturated rings. The lowest BCUT2D eigenvalue weighted by atomic mass is 9.61. The number of hydrogen-bond acceptors (Lipinski definition) is 0. The van der Waals surface area contributed by atoms with E-state index in [4.69, 9.17) is 0 Å². The number of rotatable bonds is 3. The summed E-state index contributed by atoms with van der Waals surface area (Å²) in [6.45, 7) is 2.98. The van der Waals surface area contributed by atoms with Crippen molar-refractivity contribution in [1.82, 2.24) is 0 Å². The van der Waals surface area contributed by atoms with Crippen molar-refractivity contribution < 1.29 is 39.5 Å². The fourth-order valence-electron chi connectivity index (χ4n) is 3.82. The Morgan fingerprint density at radius 3 is 1.17 bits per heavy atom. The van der Waals surface area contributed by atoms with Crippen LogP contribution in [0.4, 0.5) is 39.5 Å². The fraction of sp³-hybridized carbons (Fsp3) is 0.263. The Balaban J connectivity index is 2.86. The molecule has 10 heteroatoms. The Morgan fingerprint density at radius 2 is 0.862 bits per heavy atom. The van der Waals surface area contributed by atoms with Crippen LogP contribution in [-0.4, -0.2) is 7.85 Å². The molecule has 0 N–H and O–H groups in total.